The van der Waals surface area contributed by atoms with Gasteiger partial charge in [0.05, 0.1) is 6.26 Å². The quantitative estimate of drug-likeness (QED) is 0.613. The lowest BCUT2D eigenvalue weighted by atomic mass is 10.2. The van der Waals surface area contributed by atoms with Crippen LogP contribution in [0, 0.1) is 0 Å². The average Bonchev–Trinajstić information content (AvgIpc) is 2.93. The Morgan fingerprint density at radius 3 is 2.62 bits per heavy atom. The van der Waals surface area contributed by atoms with Crippen molar-refractivity contribution >= 4 is 10.0 Å². The average molecular weight is 247 g/mol. The fourth-order valence-corrected chi connectivity index (χ4v) is 2.71. The van der Waals surface area contributed by atoms with Gasteiger partial charge in [-0.2, -0.15) is 0 Å². The van der Waals surface area contributed by atoms with Gasteiger partial charge in [-0.3, -0.25) is 4.90 Å². The van der Waals surface area contributed by atoms with E-state index in [-0.39, 0.29) is 0 Å². The van der Waals surface area contributed by atoms with E-state index in [0.29, 0.717) is 12.6 Å². The number of hydrogen-bond acceptors (Lipinski definition) is 4. The highest BCUT2D eigenvalue weighted by Crippen LogP contribution is 2.29. The Balaban J connectivity index is 1.57. The predicted molar refractivity (Wildman–Crippen MR) is 63.8 cm³/mol. The van der Waals surface area contributed by atoms with E-state index in [1.807, 2.05) is 0 Å². The molecule has 0 radical (unpaired) electrons. The summed E-state index contributed by atoms with van der Waals surface area (Å²) in [4.78, 5) is 2.54. The van der Waals surface area contributed by atoms with Gasteiger partial charge in [-0.25, -0.2) is 13.1 Å². The first-order chi connectivity index (χ1) is 7.54. The molecule has 2 fully saturated rings. The van der Waals surface area contributed by atoms with Crippen molar-refractivity contribution in [2.24, 2.45) is 0 Å². The van der Waals surface area contributed by atoms with Crippen molar-refractivity contribution in [3.8, 4) is 0 Å². The summed E-state index contributed by atoms with van der Waals surface area (Å²) in [6.07, 6.45) is 5.11. The first-order valence-corrected chi connectivity index (χ1v) is 7.86. The molecule has 2 aliphatic rings. The Hall–Kier alpha value is -0.170. The minimum atomic E-state index is -3.03. The van der Waals surface area contributed by atoms with Crippen molar-refractivity contribution in [1.82, 2.24) is 14.9 Å². The van der Waals surface area contributed by atoms with Gasteiger partial charge < -0.3 is 5.32 Å². The first kappa shape index (κ1) is 12.3. The third kappa shape index (κ3) is 4.01. The molecule has 0 aromatic heterocycles. The predicted octanol–water partition coefficient (Wildman–Crippen LogP) is -0.638. The zero-order chi connectivity index (χ0) is 11.6. The summed E-state index contributed by atoms with van der Waals surface area (Å²) >= 11 is 0. The summed E-state index contributed by atoms with van der Waals surface area (Å²) in [5.74, 6) is 0. The molecule has 94 valence electrons. The highest BCUT2D eigenvalue weighted by atomic mass is 32.2. The van der Waals surface area contributed by atoms with Crippen LogP contribution >= 0.6 is 0 Å². The van der Waals surface area contributed by atoms with E-state index in [2.05, 4.69) is 14.9 Å². The third-order valence-electron chi connectivity index (χ3n) is 3.21. The molecule has 6 heteroatoms. The summed E-state index contributed by atoms with van der Waals surface area (Å²) in [6.45, 7) is 3.53. The number of nitrogens with zero attached hydrogens (tertiary/aromatic N) is 1. The summed E-state index contributed by atoms with van der Waals surface area (Å²) in [5, 5.41) is 3.40. The van der Waals surface area contributed by atoms with Crippen molar-refractivity contribution < 1.29 is 8.42 Å². The maximum Gasteiger partial charge on any atom is 0.208 e. The topological polar surface area (TPSA) is 61.4 Å². The second-order valence-corrected chi connectivity index (χ2v) is 6.67. The van der Waals surface area contributed by atoms with E-state index < -0.39 is 10.0 Å². The van der Waals surface area contributed by atoms with Crippen molar-refractivity contribution in [1.29, 1.82) is 0 Å². The van der Waals surface area contributed by atoms with Crippen LogP contribution in [-0.2, 0) is 10.0 Å². The van der Waals surface area contributed by atoms with Crippen LogP contribution in [0.2, 0.25) is 0 Å². The largest absolute Gasteiger partial charge is 0.311 e. The van der Waals surface area contributed by atoms with Gasteiger partial charge in [-0.05, 0) is 19.3 Å². The monoisotopic (exact) mass is 247 g/mol. The number of likely N-dealkylation sites (tertiary alicyclic amines) is 1. The fourth-order valence-electron chi connectivity index (χ4n) is 2.24. The lowest BCUT2D eigenvalue weighted by Gasteiger charge is -2.15. The van der Waals surface area contributed by atoms with E-state index in [4.69, 9.17) is 0 Å². The fraction of sp³-hybridized carbons (Fsp3) is 1.00. The molecule has 0 spiro atoms. The first-order valence-electron chi connectivity index (χ1n) is 5.97. The van der Waals surface area contributed by atoms with Crippen LogP contribution in [0.25, 0.3) is 0 Å². The van der Waals surface area contributed by atoms with Crippen LogP contribution in [-0.4, -0.2) is 57.8 Å². The van der Waals surface area contributed by atoms with Gasteiger partial charge in [-0.1, -0.05) is 0 Å². The lowest BCUT2D eigenvalue weighted by molar-refractivity contribution is 0.318. The molecule has 1 unspecified atom stereocenters. The summed E-state index contributed by atoms with van der Waals surface area (Å²) in [5.41, 5.74) is 0. The third-order valence-corrected chi connectivity index (χ3v) is 3.93. The Morgan fingerprint density at radius 1 is 1.25 bits per heavy atom. The van der Waals surface area contributed by atoms with Gasteiger partial charge in [-0.15, -0.1) is 0 Å². The molecule has 5 nitrogen and oxygen atoms in total. The van der Waals surface area contributed by atoms with E-state index in [0.717, 1.165) is 19.1 Å². The Morgan fingerprint density at radius 2 is 2.00 bits per heavy atom. The molecule has 1 heterocycles. The van der Waals surface area contributed by atoms with Gasteiger partial charge in [0.15, 0.2) is 0 Å². The van der Waals surface area contributed by atoms with Gasteiger partial charge in [0.2, 0.25) is 10.0 Å². The maximum absolute atomic E-state index is 10.8. The number of hydrogen-bond donors (Lipinski definition) is 2. The van der Waals surface area contributed by atoms with Crippen molar-refractivity contribution in [3.05, 3.63) is 0 Å². The molecule has 0 aromatic carbocycles. The number of sulfonamides is 1. The Kier molecular flexibility index (Phi) is 3.84. The molecule has 0 amide bonds. The molecular formula is C10H21N3O2S. The lowest BCUT2D eigenvalue weighted by Crippen LogP contribution is -2.38. The molecule has 1 saturated heterocycles. The van der Waals surface area contributed by atoms with E-state index in [1.54, 1.807) is 0 Å². The van der Waals surface area contributed by atoms with Crippen LogP contribution in [0.5, 0.6) is 0 Å². The smallest absolute Gasteiger partial charge is 0.208 e. The standard InChI is InChI=1S/C10H21N3O2S/c1-16(14,15)12-6-5-11-9-4-7-13(8-9)10-2-3-10/h9-12H,2-8H2,1H3. The maximum atomic E-state index is 10.8. The van der Waals surface area contributed by atoms with Crippen LogP contribution in [0.4, 0.5) is 0 Å². The molecular weight excluding hydrogens is 226 g/mol. The molecule has 2 rings (SSSR count). The van der Waals surface area contributed by atoms with E-state index in [9.17, 15) is 8.42 Å². The van der Waals surface area contributed by atoms with Crippen LogP contribution in [0.15, 0.2) is 0 Å². The SMILES string of the molecule is CS(=O)(=O)NCCNC1CCN(C2CC2)C1. The van der Waals surface area contributed by atoms with Crippen LogP contribution in [0.1, 0.15) is 19.3 Å². The summed E-state index contributed by atoms with van der Waals surface area (Å²) < 4.78 is 24.1. The summed E-state index contributed by atoms with van der Waals surface area (Å²) in [6, 6.07) is 1.39. The highest BCUT2D eigenvalue weighted by molar-refractivity contribution is 7.88. The van der Waals surface area contributed by atoms with Gasteiger partial charge >= 0.3 is 0 Å². The zero-order valence-corrected chi connectivity index (χ0v) is 10.6. The number of nitrogens with one attached hydrogen (secondary N) is 2. The van der Waals surface area contributed by atoms with Crippen molar-refractivity contribution in [3.63, 3.8) is 0 Å². The van der Waals surface area contributed by atoms with Crippen LogP contribution < -0.4 is 10.0 Å². The van der Waals surface area contributed by atoms with Crippen LogP contribution in [0.3, 0.4) is 0 Å². The minimum Gasteiger partial charge on any atom is -0.311 e. The molecule has 1 aliphatic carbocycles. The number of rotatable bonds is 6. The molecule has 0 bridgehead atoms. The second kappa shape index (κ2) is 5.00. The molecule has 0 aromatic rings. The molecule has 1 saturated carbocycles. The highest BCUT2D eigenvalue weighted by Gasteiger charge is 2.33. The second-order valence-electron chi connectivity index (χ2n) is 4.83. The normalized spacial score (nSPS) is 27.4. The molecule has 2 N–H and O–H groups in total. The van der Waals surface area contributed by atoms with Gasteiger partial charge in [0, 0.05) is 38.3 Å². The van der Waals surface area contributed by atoms with E-state index >= 15 is 0 Å². The molecule has 1 aliphatic heterocycles. The Labute approximate surface area is 97.6 Å². The minimum absolute atomic E-state index is 0.485. The van der Waals surface area contributed by atoms with E-state index in [1.165, 1.54) is 32.1 Å². The van der Waals surface area contributed by atoms with Gasteiger partial charge in [0.1, 0.15) is 0 Å². The summed E-state index contributed by atoms with van der Waals surface area (Å²) in [7, 11) is -3.03. The van der Waals surface area contributed by atoms with Crippen molar-refractivity contribution in [2.45, 2.75) is 31.3 Å². The van der Waals surface area contributed by atoms with Crippen molar-refractivity contribution in [2.75, 3.05) is 32.4 Å². The zero-order valence-electron chi connectivity index (χ0n) is 9.78. The molecule has 16 heavy (non-hydrogen) atoms. The molecule has 1 atom stereocenters. The Bertz CT molecular complexity index is 327. The van der Waals surface area contributed by atoms with Gasteiger partial charge in [0.25, 0.3) is 0 Å².